The molecule has 1 N–H and O–H groups in total. The first-order chi connectivity index (χ1) is 13.6. The van der Waals surface area contributed by atoms with Crippen LogP contribution in [0.1, 0.15) is 36.9 Å². The van der Waals surface area contributed by atoms with Crippen molar-refractivity contribution in [1.29, 1.82) is 0 Å². The predicted octanol–water partition coefficient (Wildman–Crippen LogP) is 4.76. The van der Waals surface area contributed by atoms with Gasteiger partial charge in [0.05, 0.1) is 23.2 Å². The number of fused-ring (bicyclic) bond motifs is 1. The van der Waals surface area contributed by atoms with E-state index in [1.165, 1.54) is 22.9 Å². The zero-order valence-corrected chi connectivity index (χ0v) is 17.1. The Labute approximate surface area is 170 Å². The SMILES string of the molecule is C[C@@H](Sc1ncc(-c2ccccc2)n1C)C(=O)N[C@@H]1CCCc2ccccc21. The van der Waals surface area contributed by atoms with Gasteiger partial charge in [-0.1, -0.05) is 66.4 Å². The van der Waals surface area contributed by atoms with E-state index in [2.05, 4.69) is 51.3 Å². The minimum absolute atomic E-state index is 0.0657. The maximum Gasteiger partial charge on any atom is 0.233 e. The molecule has 0 spiro atoms. The van der Waals surface area contributed by atoms with Crippen molar-refractivity contribution in [1.82, 2.24) is 14.9 Å². The summed E-state index contributed by atoms with van der Waals surface area (Å²) >= 11 is 1.50. The van der Waals surface area contributed by atoms with Gasteiger partial charge in [0, 0.05) is 7.05 Å². The van der Waals surface area contributed by atoms with Crippen molar-refractivity contribution in [3.8, 4) is 11.3 Å². The van der Waals surface area contributed by atoms with E-state index in [4.69, 9.17) is 0 Å². The van der Waals surface area contributed by atoms with Crippen molar-refractivity contribution in [2.45, 2.75) is 42.6 Å². The second-order valence-corrected chi connectivity index (χ2v) is 8.57. The molecule has 2 aromatic carbocycles. The van der Waals surface area contributed by atoms with E-state index in [0.29, 0.717) is 0 Å². The summed E-state index contributed by atoms with van der Waals surface area (Å²) in [5.74, 6) is 0.0657. The molecule has 0 unspecified atom stereocenters. The summed E-state index contributed by atoms with van der Waals surface area (Å²) in [7, 11) is 2.00. The highest BCUT2D eigenvalue weighted by Crippen LogP contribution is 2.31. The normalized spacial score (nSPS) is 17.0. The van der Waals surface area contributed by atoms with Crippen LogP contribution in [0, 0.1) is 0 Å². The highest BCUT2D eigenvalue weighted by Gasteiger charge is 2.25. The fourth-order valence-electron chi connectivity index (χ4n) is 3.78. The van der Waals surface area contributed by atoms with Gasteiger partial charge in [-0.15, -0.1) is 0 Å². The second-order valence-electron chi connectivity index (χ2n) is 7.26. The molecule has 0 bridgehead atoms. The number of thioether (sulfide) groups is 1. The topological polar surface area (TPSA) is 46.9 Å². The standard InChI is InChI=1S/C23H25N3OS/c1-16(22(27)25-20-14-8-12-17-9-6-7-13-19(17)20)28-23-24-15-21(26(23)2)18-10-4-3-5-11-18/h3-7,9-11,13,15-16,20H,8,12,14H2,1-2H3,(H,25,27)/t16-,20-/m1/s1. The van der Waals surface area contributed by atoms with Crippen LogP contribution in [0.25, 0.3) is 11.3 Å². The van der Waals surface area contributed by atoms with Gasteiger partial charge in [-0.3, -0.25) is 4.79 Å². The Bertz CT molecular complexity index is 967. The molecule has 0 saturated heterocycles. The van der Waals surface area contributed by atoms with Crippen molar-refractivity contribution < 1.29 is 4.79 Å². The lowest BCUT2D eigenvalue weighted by atomic mass is 9.88. The van der Waals surface area contributed by atoms with E-state index in [9.17, 15) is 4.79 Å². The van der Waals surface area contributed by atoms with Crippen LogP contribution in [-0.2, 0) is 18.3 Å². The van der Waals surface area contributed by atoms with Gasteiger partial charge in [0.25, 0.3) is 0 Å². The van der Waals surface area contributed by atoms with Gasteiger partial charge in [0.1, 0.15) is 0 Å². The van der Waals surface area contributed by atoms with Crippen molar-refractivity contribution in [3.05, 3.63) is 71.9 Å². The van der Waals surface area contributed by atoms with Crippen LogP contribution in [0.15, 0.2) is 66.0 Å². The third-order valence-corrected chi connectivity index (χ3v) is 6.51. The molecule has 0 radical (unpaired) electrons. The average molecular weight is 392 g/mol. The Balaban J connectivity index is 1.44. The van der Waals surface area contributed by atoms with Gasteiger partial charge in [0.15, 0.2) is 5.16 Å². The maximum atomic E-state index is 12.8. The molecular weight excluding hydrogens is 366 g/mol. The minimum atomic E-state index is -0.209. The molecule has 144 valence electrons. The van der Waals surface area contributed by atoms with Crippen LogP contribution in [0.4, 0.5) is 0 Å². The summed E-state index contributed by atoms with van der Waals surface area (Å²) in [6.45, 7) is 1.95. The minimum Gasteiger partial charge on any atom is -0.348 e. The van der Waals surface area contributed by atoms with Crippen molar-refractivity contribution in [2.75, 3.05) is 0 Å². The zero-order valence-electron chi connectivity index (χ0n) is 16.3. The largest absolute Gasteiger partial charge is 0.348 e. The van der Waals surface area contributed by atoms with E-state index < -0.39 is 0 Å². The monoisotopic (exact) mass is 391 g/mol. The smallest absolute Gasteiger partial charge is 0.233 e. The summed E-state index contributed by atoms with van der Waals surface area (Å²) in [6, 6.07) is 18.7. The molecule has 0 fully saturated rings. The number of amides is 1. The van der Waals surface area contributed by atoms with Crippen LogP contribution < -0.4 is 5.32 Å². The number of hydrogen-bond acceptors (Lipinski definition) is 3. The number of benzene rings is 2. The predicted molar refractivity (Wildman–Crippen MR) is 114 cm³/mol. The fraction of sp³-hybridized carbons (Fsp3) is 0.304. The summed E-state index contributed by atoms with van der Waals surface area (Å²) in [4.78, 5) is 17.4. The molecule has 1 aliphatic carbocycles. The summed E-state index contributed by atoms with van der Waals surface area (Å²) < 4.78 is 2.06. The number of carbonyl (C=O) groups excluding carboxylic acids is 1. The Morgan fingerprint density at radius 1 is 1.18 bits per heavy atom. The van der Waals surface area contributed by atoms with E-state index in [1.807, 2.05) is 38.4 Å². The number of rotatable bonds is 5. The van der Waals surface area contributed by atoms with E-state index >= 15 is 0 Å². The molecular formula is C23H25N3OS. The van der Waals surface area contributed by atoms with Gasteiger partial charge >= 0.3 is 0 Å². The third-order valence-electron chi connectivity index (χ3n) is 5.35. The molecule has 28 heavy (non-hydrogen) atoms. The molecule has 5 heteroatoms. The molecule has 0 saturated carbocycles. The molecule has 4 nitrogen and oxygen atoms in total. The van der Waals surface area contributed by atoms with Gasteiger partial charge in [-0.05, 0) is 42.9 Å². The summed E-state index contributed by atoms with van der Waals surface area (Å²) in [5, 5.41) is 3.90. The number of aromatic nitrogens is 2. The first kappa shape index (κ1) is 18.8. The number of nitrogens with one attached hydrogen (secondary N) is 1. The van der Waals surface area contributed by atoms with E-state index in [-0.39, 0.29) is 17.2 Å². The number of nitrogens with zero attached hydrogens (tertiary/aromatic N) is 2. The van der Waals surface area contributed by atoms with Gasteiger partial charge in [-0.25, -0.2) is 4.98 Å². The highest BCUT2D eigenvalue weighted by molar-refractivity contribution is 8.00. The number of carbonyl (C=O) groups is 1. The number of hydrogen-bond donors (Lipinski definition) is 1. The van der Waals surface area contributed by atoms with Gasteiger partial charge in [-0.2, -0.15) is 0 Å². The second kappa shape index (κ2) is 8.23. The molecule has 3 aromatic rings. The van der Waals surface area contributed by atoms with E-state index in [0.717, 1.165) is 35.7 Å². The molecule has 1 heterocycles. The van der Waals surface area contributed by atoms with Crippen LogP contribution >= 0.6 is 11.8 Å². The number of aryl methyl sites for hydroxylation is 1. The quantitative estimate of drug-likeness (QED) is 0.638. The maximum absolute atomic E-state index is 12.8. The third kappa shape index (κ3) is 3.85. The number of imidazole rings is 1. The average Bonchev–Trinajstić information content (AvgIpc) is 3.09. The Morgan fingerprint density at radius 2 is 1.93 bits per heavy atom. The molecule has 2 atom stereocenters. The molecule has 0 aliphatic heterocycles. The summed E-state index contributed by atoms with van der Waals surface area (Å²) in [5.41, 5.74) is 4.80. The van der Waals surface area contributed by atoms with Crippen LogP contribution in [-0.4, -0.2) is 20.7 Å². The highest BCUT2D eigenvalue weighted by atomic mass is 32.2. The fourth-order valence-corrected chi connectivity index (χ4v) is 4.65. The van der Waals surface area contributed by atoms with Gasteiger partial charge in [0.2, 0.25) is 5.91 Å². The Kier molecular flexibility index (Phi) is 5.53. The van der Waals surface area contributed by atoms with Gasteiger partial charge < -0.3 is 9.88 Å². The van der Waals surface area contributed by atoms with Crippen molar-refractivity contribution in [3.63, 3.8) is 0 Å². The lowest BCUT2D eigenvalue weighted by Gasteiger charge is -2.27. The van der Waals surface area contributed by atoms with Crippen molar-refractivity contribution in [2.24, 2.45) is 7.05 Å². The molecule has 1 aliphatic rings. The van der Waals surface area contributed by atoms with Crippen LogP contribution in [0.2, 0.25) is 0 Å². The molecule has 1 aromatic heterocycles. The molecule has 1 amide bonds. The zero-order chi connectivity index (χ0) is 19.5. The van der Waals surface area contributed by atoms with Crippen molar-refractivity contribution >= 4 is 17.7 Å². The van der Waals surface area contributed by atoms with E-state index in [1.54, 1.807) is 0 Å². The summed E-state index contributed by atoms with van der Waals surface area (Å²) in [6.07, 6.45) is 5.09. The van der Waals surface area contributed by atoms with Crippen LogP contribution in [0.3, 0.4) is 0 Å². The molecule has 4 rings (SSSR count). The Hall–Kier alpha value is -2.53. The lowest BCUT2D eigenvalue weighted by molar-refractivity contribution is -0.121. The first-order valence-corrected chi connectivity index (χ1v) is 10.6. The van der Waals surface area contributed by atoms with Crippen LogP contribution in [0.5, 0.6) is 0 Å². The first-order valence-electron chi connectivity index (χ1n) is 9.75. The Morgan fingerprint density at radius 3 is 2.75 bits per heavy atom. The lowest BCUT2D eigenvalue weighted by Crippen LogP contribution is -2.36.